The Hall–Kier alpha value is -1.55. The highest BCUT2D eigenvalue weighted by atomic mass is 35.5. The SMILES string of the molecule is CCc1cc(Cl)cc(C)c1N=C(N(C)C=O)N1CCCCC1. The summed E-state index contributed by atoms with van der Waals surface area (Å²) in [5.41, 5.74) is 3.08. The predicted octanol–water partition coefficient (Wildman–Crippen LogP) is 3.77. The Morgan fingerprint density at radius 1 is 1.36 bits per heavy atom. The third-order valence-corrected chi connectivity index (χ3v) is 4.27. The minimum atomic E-state index is 0.731. The second kappa shape index (κ2) is 7.63. The van der Waals surface area contributed by atoms with E-state index in [0.29, 0.717) is 0 Å². The molecule has 1 saturated heterocycles. The van der Waals surface area contributed by atoms with Crippen molar-refractivity contribution in [3.05, 3.63) is 28.3 Å². The topological polar surface area (TPSA) is 35.9 Å². The van der Waals surface area contributed by atoms with Gasteiger partial charge in [0.05, 0.1) is 5.69 Å². The minimum absolute atomic E-state index is 0.731. The molecule has 0 spiro atoms. The van der Waals surface area contributed by atoms with Crippen LogP contribution in [0.1, 0.15) is 37.3 Å². The van der Waals surface area contributed by atoms with Gasteiger partial charge in [0.1, 0.15) is 0 Å². The van der Waals surface area contributed by atoms with Gasteiger partial charge in [0.2, 0.25) is 12.4 Å². The molecule has 1 aliphatic rings. The number of rotatable bonds is 3. The number of likely N-dealkylation sites (tertiary alicyclic amines) is 1. The lowest BCUT2D eigenvalue weighted by atomic mass is 10.1. The molecule has 0 aliphatic carbocycles. The first-order chi connectivity index (χ1) is 10.6. The Kier molecular flexibility index (Phi) is 5.83. The van der Waals surface area contributed by atoms with Crippen LogP contribution in [0.25, 0.3) is 0 Å². The lowest BCUT2D eigenvalue weighted by Crippen LogP contribution is -2.44. The minimum Gasteiger partial charge on any atom is -0.342 e. The fourth-order valence-electron chi connectivity index (χ4n) is 2.85. The van der Waals surface area contributed by atoms with Crippen molar-refractivity contribution in [3.63, 3.8) is 0 Å². The van der Waals surface area contributed by atoms with E-state index in [1.54, 1.807) is 11.9 Å². The Labute approximate surface area is 137 Å². The zero-order chi connectivity index (χ0) is 16.1. The molecule has 0 radical (unpaired) electrons. The molecule has 1 aliphatic heterocycles. The number of hydrogen-bond donors (Lipinski definition) is 0. The molecule has 0 atom stereocenters. The molecular formula is C17H24ClN3O. The van der Waals surface area contributed by atoms with Gasteiger partial charge >= 0.3 is 0 Å². The number of carbonyl (C=O) groups is 1. The summed E-state index contributed by atoms with van der Waals surface area (Å²) in [6.07, 6.45) is 5.22. The average Bonchev–Trinajstić information content (AvgIpc) is 2.53. The quantitative estimate of drug-likeness (QED) is 0.482. The molecule has 1 aromatic carbocycles. The summed E-state index contributed by atoms with van der Waals surface area (Å²) in [6, 6.07) is 3.89. The summed E-state index contributed by atoms with van der Waals surface area (Å²) in [4.78, 5) is 19.9. The smallest absolute Gasteiger partial charge is 0.216 e. The normalized spacial score (nSPS) is 15.8. The molecule has 2 rings (SSSR count). The second-order valence-electron chi connectivity index (χ2n) is 5.76. The predicted molar refractivity (Wildman–Crippen MR) is 91.9 cm³/mol. The van der Waals surface area contributed by atoms with Crippen molar-refractivity contribution in [1.82, 2.24) is 9.80 Å². The van der Waals surface area contributed by atoms with E-state index in [-0.39, 0.29) is 0 Å². The fraction of sp³-hybridized carbons (Fsp3) is 0.529. The Bertz CT molecular complexity index is 565. The third kappa shape index (κ3) is 3.80. The zero-order valence-corrected chi connectivity index (χ0v) is 14.4. The first-order valence-corrected chi connectivity index (χ1v) is 8.25. The van der Waals surface area contributed by atoms with Crippen LogP contribution in [0.15, 0.2) is 17.1 Å². The largest absolute Gasteiger partial charge is 0.342 e. The molecule has 1 aromatic rings. The molecule has 1 heterocycles. The number of aliphatic imine (C=N–C) groups is 1. The maximum absolute atomic E-state index is 11.3. The average molecular weight is 322 g/mol. The maximum Gasteiger partial charge on any atom is 0.216 e. The van der Waals surface area contributed by atoms with Crippen LogP contribution < -0.4 is 0 Å². The van der Waals surface area contributed by atoms with Crippen LogP contribution in [0.3, 0.4) is 0 Å². The van der Waals surface area contributed by atoms with E-state index in [1.165, 1.54) is 6.42 Å². The summed E-state index contributed by atoms with van der Waals surface area (Å²) in [5, 5.41) is 0.733. The van der Waals surface area contributed by atoms with Gasteiger partial charge in [-0.1, -0.05) is 18.5 Å². The van der Waals surface area contributed by atoms with E-state index in [9.17, 15) is 4.79 Å². The third-order valence-electron chi connectivity index (χ3n) is 4.05. The highest BCUT2D eigenvalue weighted by Crippen LogP contribution is 2.29. The van der Waals surface area contributed by atoms with Gasteiger partial charge in [-0.2, -0.15) is 0 Å². The fourth-order valence-corrected chi connectivity index (χ4v) is 3.14. The van der Waals surface area contributed by atoms with Crippen LogP contribution in [0.2, 0.25) is 5.02 Å². The summed E-state index contributed by atoms with van der Waals surface area (Å²) < 4.78 is 0. The zero-order valence-electron chi connectivity index (χ0n) is 13.6. The van der Waals surface area contributed by atoms with Gasteiger partial charge in [0, 0.05) is 25.2 Å². The van der Waals surface area contributed by atoms with Crippen molar-refractivity contribution < 1.29 is 4.79 Å². The van der Waals surface area contributed by atoms with Crippen LogP contribution >= 0.6 is 11.6 Å². The van der Waals surface area contributed by atoms with Crippen LogP contribution in [0.5, 0.6) is 0 Å². The maximum atomic E-state index is 11.3. The van der Waals surface area contributed by atoms with Gasteiger partial charge in [-0.3, -0.25) is 9.69 Å². The lowest BCUT2D eigenvalue weighted by Gasteiger charge is -2.32. The lowest BCUT2D eigenvalue weighted by molar-refractivity contribution is -0.114. The Morgan fingerprint density at radius 2 is 2.05 bits per heavy atom. The number of piperidine rings is 1. The van der Waals surface area contributed by atoms with Crippen molar-refractivity contribution in [2.75, 3.05) is 20.1 Å². The van der Waals surface area contributed by atoms with E-state index in [4.69, 9.17) is 16.6 Å². The molecule has 4 nitrogen and oxygen atoms in total. The van der Waals surface area contributed by atoms with Gasteiger partial charge < -0.3 is 4.90 Å². The standard InChI is InChI=1S/C17H24ClN3O/c1-4-14-11-15(18)10-13(2)16(14)19-17(20(3)12-22)21-8-6-5-7-9-21/h10-12H,4-9H2,1-3H3. The molecule has 1 amide bonds. The molecule has 0 aromatic heterocycles. The van der Waals surface area contributed by atoms with Crippen molar-refractivity contribution in [2.24, 2.45) is 4.99 Å². The highest BCUT2D eigenvalue weighted by Gasteiger charge is 2.19. The molecular weight excluding hydrogens is 298 g/mol. The number of aryl methyl sites for hydroxylation is 2. The number of halogens is 1. The molecule has 0 bridgehead atoms. The van der Waals surface area contributed by atoms with Crippen LogP contribution in [-0.2, 0) is 11.2 Å². The molecule has 120 valence electrons. The van der Waals surface area contributed by atoms with E-state index < -0.39 is 0 Å². The van der Waals surface area contributed by atoms with Gasteiger partial charge in [-0.15, -0.1) is 0 Å². The number of guanidine groups is 1. The van der Waals surface area contributed by atoms with Crippen molar-refractivity contribution in [1.29, 1.82) is 0 Å². The number of nitrogens with zero attached hydrogens (tertiary/aromatic N) is 3. The van der Waals surface area contributed by atoms with E-state index >= 15 is 0 Å². The van der Waals surface area contributed by atoms with Crippen molar-refractivity contribution >= 4 is 29.7 Å². The number of hydrogen-bond acceptors (Lipinski definition) is 2. The van der Waals surface area contributed by atoms with E-state index in [0.717, 1.165) is 66.6 Å². The monoisotopic (exact) mass is 321 g/mol. The number of amides is 1. The van der Waals surface area contributed by atoms with Crippen molar-refractivity contribution in [3.8, 4) is 0 Å². The van der Waals surface area contributed by atoms with Gasteiger partial charge in [-0.25, -0.2) is 4.99 Å². The molecule has 0 saturated carbocycles. The highest BCUT2D eigenvalue weighted by molar-refractivity contribution is 6.30. The van der Waals surface area contributed by atoms with Gasteiger partial charge in [0.15, 0.2) is 0 Å². The van der Waals surface area contributed by atoms with Crippen LogP contribution in [0.4, 0.5) is 5.69 Å². The Balaban J connectivity index is 2.46. The number of carbonyl (C=O) groups excluding carboxylic acids is 1. The summed E-state index contributed by atoms with van der Waals surface area (Å²) in [5.74, 6) is 0.731. The van der Waals surface area contributed by atoms with Crippen LogP contribution in [0, 0.1) is 6.92 Å². The molecule has 5 heteroatoms. The molecule has 0 N–H and O–H groups in total. The van der Waals surface area contributed by atoms with Gasteiger partial charge in [-0.05, 0) is 55.9 Å². The molecule has 22 heavy (non-hydrogen) atoms. The van der Waals surface area contributed by atoms with E-state index in [1.807, 2.05) is 19.1 Å². The molecule has 0 unspecified atom stereocenters. The summed E-state index contributed by atoms with van der Waals surface area (Å²) in [6.45, 7) is 6.00. The van der Waals surface area contributed by atoms with Gasteiger partial charge in [0.25, 0.3) is 0 Å². The van der Waals surface area contributed by atoms with E-state index in [2.05, 4.69) is 11.8 Å². The van der Waals surface area contributed by atoms with Crippen molar-refractivity contribution in [2.45, 2.75) is 39.5 Å². The molecule has 1 fully saturated rings. The first-order valence-electron chi connectivity index (χ1n) is 7.87. The Morgan fingerprint density at radius 3 is 2.64 bits per heavy atom. The van der Waals surface area contributed by atoms with Crippen LogP contribution in [-0.4, -0.2) is 42.3 Å². The summed E-state index contributed by atoms with van der Waals surface area (Å²) >= 11 is 6.15. The second-order valence-corrected chi connectivity index (χ2v) is 6.20. The number of benzene rings is 1. The summed E-state index contributed by atoms with van der Waals surface area (Å²) in [7, 11) is 1.76. The first kappa shape index (κ1) is 16.8.